The molecule has 1 aromatic rings. The van der Waals surface area contributed by atoms with Crippen molar-refractivity contribution in [2.24, 2.45) is 0 Å². The molecule has 0 aromatic heterocycles. The quantitative estimate of drug-likeness (QED) is 0.788. The number of nitrogens with one attached hydrogen (secondary N) is 1. The maximum absolute atomic E-state index is 12.2. The van der Waals surface area contributed by atoms with E-state index in [0.717, 1.165) is 0 Å². The van der Waals surface area contributed by atoms with Gasteiger partial charge in [-0.1, -0.05) is 13.8 Å². The van der Waals surface area contributed by atoms with Crippen molar-refractivity contribution in [2.75, 3.05) is 14.2 Å². The molecule has 0 bridgehead atoms. The molecule has 0 fully saturated rings. The number of carbonyl (C=O) groups is 1. The fraction of sp³-hybridized carbons (Fsp3) is 0.500. The van der Waals surface area contributed by atoms with Crippen molar-refractivity contribution in [1.29, 1.82) is 0 Å². The van der Waals surface area contributed by atoms with E-state index in [1.54, 1.807) is 32.4 Å². The lowest BCUT2D eigenvalue weighted by Crippen LogP contribution is -2.38. The van der Waals surface area contributed by atoms with E-state index in [1.165, 1.54) is 0 Å². The van der Waals surface area contributed by atoms with Gasteiger partial charge >= 0.3 is 0 Å². The molecule has 0 aliphatic rings. The van der Waals surface area contributed by atoms with Crippen molar-refractivity contribution in [1.82, 2.24) is 5.32 Å². The number of hydrogen-bond acceptors (Lipinski definition) is 4. The van der Waals surface area contributed by atoms with E-state index >= 15 is 0 Å². The molecule has 0 spiro atoms. The first-order valence-electron chi connectivity index (χ1n) is 6.01. The molecule has 0 saturated carbocycles. The summed E-state index contributed by atoms with van der Waals surface area (Å²) in [6.45, 7) is 5.88. The summed E-state index contributed by atoms with van der Waals surface area (Å²) < 4.78 is 10.3. The van der Waals surface area contributed by atoms with E-state index in [-0.39, 0.29) is 17.9 Å². The van der Waals surface area contributed by atoms with Gasteiger partial charge in [0.05, 0.1) is 20.3 Å². The van der Waals surface area contributed by atoms with Gasteiger partial charge in [0.25, 0.3) is 0 Å². The van der Waals surface area contributed by atoms with Gasteiger partial charge in [-0.25, -0.2) is 0 Å². The van der Waals surface area contributed by atoms with Gasteiger partial charge in [-0.2, -0.15) is 0 Å². The highest BCUT2D eigenvalue weighted by atomic mass is 16.5. The van der Waals surface area contributed by atoms with Gasteiger partial charge in [-0.3, -0.25) is 4.79 Å². The van der Waals surface area contributed by atoms with E-state index in [4.69, 9.17) is 9.47 Å². The minimum absolute atomic E-state index is 0.0286. The second kappa shape index (κ2) is 6.40. The lowest BCUT2D eigenvalue weighted by Gasteiger charge is -2.16. The minimum atomic E-state index is -0.234. The third-order valence-electron chi connectivity index (χ3n) is 2.61. The highest BCUT2D eigenvalue weighted by Gasteiger charge is 2.17. The molecule has 100 valence electrons. The van der Waals surface area contributed by atoms with Gasteiger partial charge in [0.1, 0.15) is 11.5 Å². The highest BCUT2D eigenvalue weighted by Crippen LogP contribution is 2.23. The zero-order valence-corrected chi connectivity index (χ0v) is 11.6. The van der Waals surface area contributed by atoms with Crippen LogP contribution in [-0.2, 0) is 0 Å². The number of benzene rings is 1. The van der Waals surface area contributed by atoms with E-state index in [9.17, 15) is 4.79 Å². The highest BCUT2D eigenvalue weighted by molar-refractivity contribution is 6.00. The van der Waals surface area contributed by atoms with E-state index in [2.05, 4.69) is 5.32 Å². The molecule has 0 saturated heterocycles. The summed E-state index contributed by atoms with van der Waals surface area (Å²) >= 11 is 0. The van der Waals surface area contributed by atoms with Crippen LogP contribution in [0.3, 0.4) is 0 Å². The first kappa shape index (κ1) is 14.5. The third-order valence-corrected chi connectivity index (χ3v) is 2.61. The maximum Gasteiger partial charge on any atom is 0.179 e. The molecule has 1 aromatic carbocycles. The second-order valence-corrected chi connectivity index (χ2v) is 4.51. The summed E-state index contributed by atoms with van der Waals surface area (Å²) in [6, 6.07) is 5.22. The molecule has 4 nitrogen and oxygen atoms in total. The Bertz CT molecular complexity index is 393. The second-order valence-electron chi connectivity index (χ2n) is 4.51. The van der Waals surface area contributed by atoms with Crippen molar-refractivity contribution in [2.45, 2.75) is 32.9 Å². The molecule has 1 atom stereocenters. The zero-order chi connectivity index (χ0) is 13.7. The van der Waals surface area contributed by atoms with Crippen molar-refractivity contribution in [3.8, 4) is 11.5 Å². The zero-order valence-electron chi connectivity index (χ0n) is 11.6. The lowest BCUT2D eigenvalue weighted by molar-refractivity contribution is 0.0946. The summed E-state index contributed by atoms with van der Waals surface area (Å²) in [5.41, 5.74) is 0.590. The molecule has 0 amide bonds. The first-order chi connectivity index (χ1) is 8.47. The Balaban J connectivity index is 2.97. The Morgan fingerprint density at radius 1 is 1.06 bits per heavy atom. The minimum Gasteiger partial charge on any atom is -0.497 e. The van der Waals surface area contributed by atoms with Crippen molar-refractivity contribution >= 4 is 5.78 Å². The summed E-state index contributed by atoms with van der Waals surface area (Å²) in [4.78, 5) is 12.2. The topological polar surface area (TPSA) is 47.6 Å². The monoisotopic (exact) mass is 251 g/mol. The average molecular weight is 251 g/mol. The smallest absolute Gasteiger partial charge is 0.179 e. The van der Waals surface area contributed by atoms with Gasteiger partial charge in [0.15, 0.2) is 5.78 Å². The molecule has 1 unspecified atom stereocenters. The molecule has 4 heteroatoms. The third kappa shape index (κ3) is 3.74. The predicted molar refractivity (Wildman–Crippen MR) is 71.6 cm³/mol. The van der Waals surface area contributed by atoms with Crippen LogP contribution in [0.2, 0.25) is 0 Å². The largest absolute Gasteiger partial charge is 0.497 e. The van der Waals surface area contributed by atoms with E-state index < -0.39 is 0 Å². The van der Waals surface area contributed by atoms with Crippen LogP contribution < -0.4 is 14.8 Å². The summed E-state index contributed by atoms with van der Waals surface area (Å²) in [7, 11) is 3.14. The molecule has 0 heterocycles. The normalized spacial score (nSPS) is 12.3. The van der Waals surface area contributed by atoms with Crippen LogP contribution >= 0.6 is 0 Å². The Hall–Kier alpha value is -1.55. The van der Waals surface area contributed by atoms with Crippen molar-refractivity contribution < 1.29 is 14.3 Å². The molecule has 1 N–H and O–H groups in total. The molecule has 0 aliphatic heterocycles. The van der Waals surface area contributed by atoms with Crippen molar-refractivity contribution in [3.63, 3.8) is 0 Å². The van der Waals surface area contributed by atoms with Gasteiger partial charge in [0, 0.05) is 17.7 Å². The molecule has 18 heavy (non-hydrogen) atoms. The number of carbonyl (C=O) groups excluding carboxylic acids is 1. The Kier molecular flexibility index (Phi) is 5.16. The first-order valence-corrected chi connectivity index (χ1v) is 6.01. The SMILES string of the molecule is COc1cc(OC)cc(C(=O)C(C)NC(C)C)c1. The van der Waals surface area contributed by atoms with Gasteiger partial charge in [-0.15, -0.1) is 0 Å². The fourth-order valence-corrected chi connectivity index (χ4v) is 1.78. The summed E-state index contributed by atoms with van der Waals surface area (Å²) in [5.74, 6) is 1.27. The van der Waals surface area contributed by atoms with E-state index in [1.807, 2.05) is 20.8 Å². The number of methoxy groups -OCH3 is 2. The van der Waals surface area contributed by atoms with Gasteiger partial charge in [0.2, 0.25) is 0 Å². The fourth-order valence-electron chi connectivity index (χ4n) is 1.78. The number of Topliss-reactive ketones (excluding diaryl/α,β-unsaturated/α-hetero) is 1. The number of ketones is 1. The molecule has 1 rings (SSSR count). The molecule has 0 aliphatic carbocycles. The number of rotatable bonds is 6. The van der Waals surface area contributed by atoms with Crippen LogP contribution in [-0.4, -0.2) is 32.1 Å². The summed E-state index contributed by atoms with van der Waals surface area (Å²) in [6.07, 6.45) is 0. The van der Waals surface area contributed by atoms with E-state index in [0.29, 0.717) is 17.1 Å². The average Bonchev–Trinajstić information content (AvgIpc) is 2.36. The van der Waals surface area contributed by atoms with Crippen molar-refractivity contribution in [3.05, 3.63) is 23.8 Å². The van der Waals surface area contributed by atoms with Crippen LogP contribution in [0.25, 0.3) is 0 Å². The molecule has 0 radical (unpaired) electrons. The Morgan fingerprint density at radius 3 is 1.94 bits per heavy atom. The summed E-state index contributed by atoms with van der Waals surface area (Å²) in [5, 5.41) is 3.18. The van der Waals surface area contributed by atoms with Crippen LogP contribution in [0.15, 0.2) is 18.2 Å². The van der Waals surface area contributed by atoms with Crippen LogP contribution in [0.4, 0.5) is 0 Å². The molecular weight excluding hydrogens is 230 g/mol. The van der Waals surface area contributed by atoms with Gasteiger partial charge < -0.3 is 14.8 Å². The van der Waals surface area contributed by atoms with Gasteiger partial charge in [-0.05, 0) is 19.1 Å². The Morgan fingerprint density at radius 2 is 1.56 bits per heavy atom. The number of ether oxygens (including phenoxy) is 2. The lowest BCUT2D eigenvalue weighted by atomic mass is 10.0. The Labute approximate surface area is 108 Å². The van der Waals surface area contributed by atoms with Crippen LogP contribution in [0, 0.1) is 0 Å². The predicted octanol–water partition coefficient (Wildman–Crippen LogP) is 2.27. The maximum atomic E-state index is 12.2. The van der Waals surface area contributed by atoms with Crippen LogP contribution in [0.5, 0.6) is 11.5 Å². The standard InChI is InChI=1S/C14H21NO3/c1-9(2)15-10(3)14(16)11-6-12(17-4)8-13(7-11)18-5/h6-10,15H,1-5H3. The number of hydrogen-bond donors (Lipinski definition) is 1. The molecular formula is C14H21NO3. The van der Waals surface area contributed by atoms with Crippen LogP contribution in [0.1, 0.15) is 31.1 Å².